The average Bonchev–Trinajstić information content (AvgIpc) is 3.27. The van der Waals surface area contributed by atoms with Gasteiger partial charge in [0.2, 0.25) is 5.91 Å². The molecule has 0 aromatic heterocycles. The molecular formula is C25H30Cl2N2O3. The molecule has 5 nitrogen and oxygen atoms in total. The van der Waals surface area contributed by atoms with Gasteiger partial charge in [0.1, 0.15) is 11.8 Å². The Hall–Kier alpha value is -2.24. The summed E-state index contributed by atoms with van der Waals surface area (Å²) in [5.74, 6) is 0.119. The summed E-state index contributed by atoms with van der Waals surface area (Å²) in [6, 6.07) is 10.3. The van der Waals surface area contributed by atoms with Crippen molar-refractivity contribution in [2.24, 2.45) is 0 Å². The molecule has 2 amide bonds. The van der Waals surface area contributed by atoms with Gasteiger partial charge in [-0.05, 0) is 69.0 Å². The van der Waals surface area contributed by atoms with Crippen LogP contribution in [0.2, 0.25) is 10.0 Å². The molecule has 1 atom stereocenters. The fraction of sp³-hybridized carbons (Fsp3) is 0.440. The lowest BCUT2D eigenvalue weighted by molar-refractivity contribution is -0.142. The van der Waals surface area contributed by atoms with Crippen molar-refractivity contribution in [3.63, 3.8) is 0 Å². The lowest BCUT2D eigenvalue weighted by Crippen LogP contribution is -2.50. The zero-order chi connectivity index (χ0) is 23.3. The van der Waals surface area contributed by atoms with E-state index in [-0.39, 0.29) is 31.0 Å². The number of ether oxygens (including phenoxy) is 1. The van der Waals surface area contributed by atoms with Gasteiger partial charge in [0.25, 0.3) is 5.91 Å². The molecule has 1 fully saturated rings. The molecule has 32 heavy (non-hydrogen) atoms. The molecule has 0 radical (unpaired) electrons. The fourth-order valence-electron chi connectivity index (χ4n) is 3.86. The van der Waals surface area contributed by atoms with Crippen LogP contribution in [0.5, 0.6) is 5.75 Å². The molecule has 0 bridgehead atoms. The predicted octanol–water partition coefficient (Wildman–Crippen LogP) is 5.47. The number of nitrogens with one attached hydrogen (secondary N) is 1. The monoisotopic (exact) mass is 476 g/mol. The van der Waals surface area contributed by atoms with Gasteiger partial charge in [0, 0.05) is 28.2 Å². The molecule has 3 rings (SSSR count). The summed E-state index contributed by atoms with van der Waals surface area (Å²) in [6.07, 6.45) is 4.17. The van der Waals surface area contributed by atoms with Crippen molar-refractivity contribution in [2.75, 3.05) is 6.61 Å². The van der Waals surface area contributed by atoms with E-state index >= 15 is 0 Å². The smallest absolute Gasteiger partial charge is 0.261 e. The van der Waals surface area contributed by atoms with Gasteiger partial charge in [-0.1, -0.05) is 48.2 Å². The van der Waals surface area contributed by atoms with Crippen LogP contribution in [0.4, 0.5) is 0 Å². The zero-order valence-corrected chi connectivity index (χ0v) is 20.3. The standard InChI is InChI=1S/C25H30Cl2N2O3/c1-16-11-12-20(13-17(16)2)32-15-24(30)29(14-21-22(26)9-6-10-23(21)27)18(3)25(31)28-19-7-4-5-8-19/h6,9-13,18-19H,4-5,7-8,14-15H2,1-3H3,(H,28,31). The van der Waals surface area contributed by atoms with Crippen LogP contribution in [-0.2, 0) is 16.1 Å². The van der Waals surface area contributed by atoms with Crippen molar-refractivity contribution >= 4 is 35.0 Å². The van der Waals surface area contributed by atoms with Gasteiger partial charge >= 0.3 is 0 Å². The minimum atomic E-state index is -0.696. The van der Waals surface area contributed by atoms with Gasteiger partial charge in [-0.25, -0.2) is 0 Å². The molecule has 172 valence electrons. The normalized spacial score (nSPS) is 14.8. The van der Waals surface area contributed by atoms with Crippen LogP contribution in [0, 0.1) is 13.8 Å². The Morgan fingerprint density at radius 2 is 1.75 bits per heavy atom. The lowest BCUT2D eigenvalue weighted by atomic mass is 10.1. The van der Waals surface area contributed by atoms with E-state index in [0.29, 0.717) is 21.4 Å². The number of carbonyl (C=O) groups is 2. The topological polar surface area (TPSA) is 58.6 Å². The van der Waals surface area contributed by atoms with Crippen LogP contribution < -0.4 is 10.1 Å². The maximum absolute atomic E-state index is 13.2. The van der Waals surface area contributed by atoms with E-state index in [2.05, 4.69) is 5.32 Å². The Kier molecular flexibility index (Phi) is 8.44. The number of hydrogen-bond donors (Lipinski definition) is 1. The molecule has 0 aliphatic heterocycles. The molecule has 1 N–H and O–H groups in total. The Bertz CT molecular complexity index is 953. The first-order valence-electron chi connectivity index (χ1n) is 11.0. The number of amides is 2. The number of hydrogen-bond acceptors (Lipinski definition) is 3. The molecule has 2 aromatic carbocycles. The third kappa shape index (κ3) is 6.17. The lowest BCUT2D eigenvalue weighted by Gasteiger charge is -2.30. The molecule has 1 aliphatic rings. The number of rotatable bonds is 8. The van der Waals surface area contributed by atoms with Crippen molar-refractivity contribution in [2.45, 2.75) is 65.1 Å². The molecule has 0 heterocycles. The maximum atomic E-state index is 13.2. The second-order valence-electron chi connectivity index (χ2n) is 8.42. The van der Waals surface area contributed by atoms with Crippen LogP contribution in [0.1, 0.15) is 49.3 Å². The second kappa shape index (κ2) is 11.1. The highest BCUT2D eigenvalue weighted by atomic mass is 35.5. The van der Waals surface area contributed by atoms with Gasteiger partial charge in [0.05, 0.1) is 0 Å². The van der Waals surface area contributed by atoms with Gasteiger partial charge in [-0.15, -0.1) is 0 Å². The summed E-state index contributed by atoms with van der Waals surface area (Å²) in [4.78, 5) is 27.6. The van der Waals surface area contributed by atoms with Crippen LogP contribution in [0.25, 0.3) is 0 Å². The molecule has 1 unspecified atom stereocenters. The fourth-order valence-corrected chi connectivity index (χ4v) is 4.38. The largest absolute Gasteiger partial charge is 0.484 e. The highest BCUT2D eigenvalue weighted by Crippen LogP contribution is 2.27. The molecule has 7 heteroatoms. The van der Waals surface area contributed by atoms with E-state index in [1.165, 1.54) is 4.90 Å². The van der Waals surface area contributed by atoms with Crippen LogP contribution in [0.3, 0.4) is 0 Å². The minimum absolute atomic E-state index is 0.118. The molecule has 0 spiro atoms. The summed E-state index contributed by atoms with van der Waals surface area (Å²) in [5.41, 5.74) is 2.84. The first kappa shape index (κ1) is 24.4. The van der Waals surface area contributed by atoms with Gasteiger partial charge in [-0.3, -0.25) is 9.59 Å². The van der Waals surface area contributed by atoms with Crippen molar-refractivity contribution in [3.8, 4) is 5.75 Å². The molecule has 1 aliphatic carbocycles. The Morgan fingerprint density at radius 1 is 1.09 bits per heavy atom. The molecule has 0 saturated heterocycles. The van der Waals surface area contributed by atoms with Gasteiger partial charge < -0.3 is 15.0 Å². The highest BCUT2D eigenvalue weighted by molar-refractivity contribution is 6.36. The SMILES string of the molecule is Cc1ccc(OCC(=O)N(Cc2c(Cl)cccc2Cl)C(C)C(=O)NC2CCCC2)cc1C. The Labute approximate surface area is 200 Å². The number of nitrogens with zero attached hydrogens (tertiary/aromatic N) is 1. The first-order valence-corrected chi connectivity index (χ1v) is 11.7. The third-order valence-corrected chi connectivity index (χ3v) is 6.81. The molecule has 2 aromatic rings. The highest BCUT2D eigenvalue weighted by Gasteiger charge is 2.29. The van der Waals surface area contributed by atoms with Crippen LogP contribution in [-0.4, -0.2) is 35.4 Å². The average molecular weight is 477 g/mol. The number of benzene rings is 2. The predicted molar refractivity (Wildman–Crippen MR) is 128 cm³/mol. The van der Waals surface area contributed by atoms with Gasteiger partial charge in [-0.2, -0.15) is 0 Å². The molecule has 1 saturated carbocycles. The third-order valence-electron chi connectivity index (χ3n) is 6.10. The van der Waals surface area contributed by atoms with Crippen molar-refractivity contribution in [1.29, 1.82) is 0 Å². The number of aryl methyl sites for hydroxylation is 2. The van der Waals surface area contributed by atoms with E-state index in [1.807, 2.05) is 32.0 Å². The van der Waals surface area contributed by atoms with E-state index in [0.717, 1.165) is 36.8 Å². The summed E-state index contributed by atoms with van der Waals surface area (Å²) < 4.78 is 5.76. The Morgan fingerprint density at radius 3 is 2.38 bits per heavy atom. The van der Waals surface area contributed by atoms with E-state index in [1.54, 1.807) is 25.1 Å². The van der Waals surface area contributed by atoms with Crippen LogP contribution in [0.15, 0.2) is 36.4 Å². The maximum Gasteiger partial charge on any atom is 0.261 e. The number of carbonyl (C=O) groups excluding carboxylic acids is 2. The second-order valence-corrected chi connectivity index (χ2v) is 9.24. The van der Waals surface area contributed by atoms with Crippen LogP contribution >= 0.6 is 23.2 Å². The van der Waals surface area contributed by atoms with Crippen molar-refractivity contribution < 1.29 is 14.3 Å². The summed E-state index contributed by atoms with van der Waals surface area (Å²) in [5, 5.41) is 3.98. The quantitative estimate of drug-likeness (QED) is 0.549. The number of halogens is 2. The van der Waals surface area contributed by atoms with Crippen molar-refractivity contribution in [1.82, 2.24) is 10.2 Å². The molecular weight excluding hydrogens is 447 g/mol. The zero-order valence-electron chi connectivity index (χ0n) is 18.8. The van der Waals surface area contributed by atoms with E-state index < -0.39 is 6.04 Å². The van der Waals surface area contributed by atoms with E-state index in [4.69, 9.17) is 27.9 Å². The Balaban J connectivity index is 1.77. The minimum Gasteiger partial charge on any atom is -0.484 e. The van der Waals surface area contributed by atoms with E-state index in [9.17, 15) is 9.59 Å². The first-order chi connectivity index (χ1) is 15.3. The van der Waals surface area contributed by atoms with Gasteiger partial charge in [0.15, 0.2) is 6.61 Å². The summed E-state index contributed by atoms with van der Waals surface area (Å²) in [7, 11) is 0. The van der Waals surface area contributed by atoms with Crippen molar-refractivity contribution in [3.05, 3.63) is 63.1 Å². The summed E-state index contributed by atoms with van der Waals surface area (Å²) >= 11 is 12.7. The summed E-state index contributed by atoms with van der Waals surface area (Å²) in [6.45, 7) is 5.66.